The number of azide groups is 1. The molecule has 1 aromatic carbocycles. The topological polar surface area (TPSA) is 103 Å². The largest absolute Gasteiger partial charge is 0.454 e. The van der Waals surface area contributed by atoms with E-state index in [-0.39, 0.29) is 13.3 Å². The number of hydrogen-bond donors (Lipinski definition) is 1. The Hall–Kier alpha value is -2.13. The Morgan fingerprint density at radius 3 is 3.16 bits per heavy atom. The molecule has 1 aromatic rings. The second-order valence-corrected chi connectivity index (χ2v) is 4.11. The van der Waals surface area contributed by atoms with Crippen LogP contribution in [0.4, 0.5) is 0 Å². The van der Waals surface area contributed by atoms with Crippen molar-refractivity contribution in [1.29, 1.82) is 5.26 Å². The average Bonchev–Trinajstić information content (AvgIpc) is 2.88. The number of rotatable bonds is 5. The number of benzene rings is 1. The third-order valence-electron chi connectivity index (χ3n) is 2.54. The monoisotopic (exact) mass is 279 g/mol. The summed E-state index contributed by atoms with van der Waals surface area (Å²) in [7, 11) is 0. The van der Waals surface area contributed by atoms with E-state index in [1.807, 2.05) is 0 Å². The van der Waals surface area contributed by atoms with E-state index in [1.54, 1.807) is 12.1 Å². The second-order valence-electron chi connectivity index (χ2n) is 3.71. The molecular weight excluding hydrogens is 270 g/mol. The molecule has 7 nitrogen and oxygen atoms in total. The second kappa shape index (κ2) is 6.16. The molecule has 0 fully saturated rings. The summed E-state index contributed by atoms with van der Waals surface area (Å²) in [4.78, 5) is 2.64. The van der Waals surface area contributed by atoms with Crippen molar-refractivity contribution in [2.75, 3.05) is 19.9 Å². The van der Waals surface area contributed by atoms with Crippen LogP contribution in [0.1, 0.15) is 11.6 Å². The van der Waals surface area contributed by atoms with Gasteiger partial charge in [0.25, 0.3) is 0 Å². The Labute approximate surface area is 114 Å². The number of hydrogen-bond acceptors (Lipinski definition) is 5. The first-order valence-corrected chi connectivity index (χ1v) is 5.87. The van der Waals surface area contributed by atoms with Crippen molar-refractivity contribution in [1.82, 2.24) is 5.32 Å². The predicted octanol–water partition coefficient (Wildman–Crippen LogP) is 2.53. The van der Waals surface area contributed by atoms with E-state index in [0.29, 0.717) is 28.6 Å². The normalized spacial score (nSPS) is 13.5. The first-order valence-electron chi connectivity index (χ1n) is 5.49. The molecule has 19 heavy (non-hydrogen) atoms. The fraction of sp³-hybridized carbons (Fsp3) is 0.364. The van der Waals surface area contributed by atoms with E-state index in [2.05, 4.69) is 21.4 Å². The van der Waals surface area contributed by atoms with E-state index in [9.17, 15) is 0 Å². The summed E-state index contributed by atoms with van der Waals surface area (Å²) in [6, 6.07) is 4.93. The quantitative estimate of drug-likeness (QED) is 0.387. The number of ether oxygens (including phenoxy) is 2. The number of fused-ring (bicyclic) bond motifs is 1. The molecule has 1 heterocycles. The fourth-order valence-corrected chi connectivity index (χ4v) is 1.97. The molecule has 2 rings (SSSR count). The summed E-state index contributed by atoms with van der Waals surface area (Å²) in [5.74, 6) is 1.02. The highest BCUT2D eigenvalue weighted by Crippen LogP contribution is 2.40. The summed E-state index contributed by atoms with van der Waals surface area (Å²) in [5, 5.41) is 15.9. The van der Waals surface area contributed by atoms with Crippen LogP contribution in [-0.4, -0.2) is 19.9 Å². The minimum absolute atomic E-state index is 0.125. The van der Waals surface area contributed by atoms with Crippen LogP contribution in [0.15, 0.2) is 17.2 Å². The molecule has 0 saturated heterocycles. The molecule has 1 unspecified atom stereocenters. The van der Waals surface area contributed by atoms with Crippen LogP contribution >= 0.6 is 11.6 Å². The lowest BCUT2D eigenvalue weighted by molar-refractivity contribution is 0.174. The van der Waals surface area contributed by atoms with E-state index in [0.717, 1.165) is 0 Å². The van der Waals surface area contributed by atoms with Gasteiger partial charge in [-0.25, -0.2) is 0 Å². The SMILES string of the molecule is N#CC(NCCN=[N+]=[N-])c1cc(Cl)c2c(c1)OCO2. The van der Waals surface area contributed by atoms with Gasteiger partial charge in [-0.15, -0.1) is 0 Å². The molecule has 1 aliphatic heterocycles. The maximum Gasteiger partial charge on any atom is 0.231 e. The molecule has 0 spiro atoms. The maximum atomic E-state index is 9.14. The minimum atomic E-state index is -0.555. The van der Waals surface area contributed by atoms with Crippen LogP contribution in [0.25, 0.3) is 10.4 Å². The van der Waals surface area contributed by atoms with Gasteiger partial charge in [0, 0.05) is 18.0 Å². The van der Waals surface area contributed by atoms with Crippen molar-refractivity contribution in [3.8, 4) is 17.6 Å². The van der Waals surface area contributed by atoms with E-state index in [4.69, 9.17) is 31.9 Å². The molecule has 0 radical (unpaired) electrons. The Balaban J connectivity index is 2.13. The molecule has 0 aromatic heterocycles. The zero-order valence-corrected chi connectivity index (χ0v) is 10.6. The van der Waals surface area contributed by atoms with Gasteiger partial charge in [0.05, 0.1) is 11.1 Å². The van der Waals surface area contributed by atoms with Crippen LogP contribution < -0.4 is 14.8 Å². The molecule has 8 heteroatoms. The standard InChI is InChI=1S/C11H10ClN5O2/c12-8-3-7(4-10-11(8)19-6-18-10)9(5-13)15-1-2-16-17-14/h3-4,9,15H,1-2,6H2. The predicted molar refractivity (Wildman–Crippen MR) is 67.9 cm³/mol. The lowest BCUT2D eigenvalue weighted by Crippen LogP contribution is -2.22. The number of nitrogens with zero attached hydrogens (tertiary/aromatic N) is 4. The molecule has 1 atom stereocenters. The van der Waals surface area contributed by atoms with Gasteiger partial charge in [0.15, 0.2) is 11.5 Å². The molecular formula is C11H10ClN5O2. The summed E-state index contributed by atoms with van der Waals surface area (Å²) in [5.41, 5.74) is 8.84. The van der Waals surface area contributed by atoms with Gasteiger partial charge in [-0.2, -0.15) is 5.26 Å². The van der Waals surface area contributed by atoms with Gasteiger partial charge < -0.3 is 9.47 Å². The van der Waals surface area contributed by atoms with Crippen LogP contribution in [0.2, 0.25) is 5.02 Å². The number of nitriles is 1. The van der Waals surface area contributed by atoms with Crippen molar-refractivity contribution >= 4 is 11.6 Å². The molecule has 0 aliphatic carbocycles. The highest BCUT2D eigenvalue weighted by molar-refractivity contribution is 6.32. The van der Waals surface area contributed by atoms with Gasteiger partial charge in [0.1, 0.15) is 6.04 Å². The van der Waals surface area contributed by atoms with Gasteiger partial charge >= 0.3 is 0 Å². The molecule has 0 amide bonds. The lowest BCUT2D eigenvalue weighted by Gasteiger charge is -2.12. The first-order chi connectivity index (χ1) is 9.26. The van der Waals surface area contributed by atoms with Gasteiger partial charge in [0.2, 0.25) is 6.79 Å². The minimum Gasteiger partial charge on any atom is -0.454 e. The maximum absolute atomic E-state index is 9.14. The summed E-state index contributed by atoms with van der Waals surface area (Å²) < 4.78 is 10.4. The van der Waals surface area contributed by atoms with E-state index >= 15 is 0 Å². The zero-order chi connectivity index (χ0) is 13.7. The highest BCUT2D eigenvalue weighted by atomic mass is 35.5. The van der Waals surface area contributed by atoms with Crippen LogP contribution in [-0.2, 0) is 0 Å². The van der Waals surface area contributed by atoms with Crippen LogP contribution in [0.5, 0.6) is 11.5 Å². The van der Waals surface area contributed by atoms with Crippen molar-refractivity contribution in [2.45, 2.75) is 6.04 Å². The van der Waals surface area contributed by atoms with Crippen LogP contribution in [0, 0.1) is 11.3 Å². The first kappa shape index (κ1) is 13.3. The van der Waals surface area contributed by atoms with Crippen molar-refractivity contribution < 1.29 is 9.47 Å². The number of halogens is 1. The molecule has 0 bridgehead atoms. The van der Waals surface area contributed by atoms with Gasteiger partial charge in [-0.3, -0.25) is 5.32 Å². The molecule has 1 aliphatic rings. The fourth-order valence-electron chi connectivity index (χ4n) is 1.70. The lowest BCUT2D eigenvalue weighted by atomic mass is 10.1. The Bertz CT molecular complexity index is 565. The Morgan fingerprint density at radius 2 is 2.42 bits per heavy atom. The van der Waals surface area contributed by atoms with Crippen molar-refractivity contribution in [3.63, 3.8) is 0 Å². The highest BCUT2D eigenvalue weighted by Gasteiger charge is 2.21. The zero-order valence-electron chi connectivity index (χ0n) is 9.84. The summed E-state index contributed by atoms with van der Waals surface area (Å²) in [6.07, 6.45) is 0. The molecule has 1 N–H and O–H groups in total. The Morgan fingerprint density at radius 1 is 1.58 bits per heavy atom. The summed E-state index contributed by atoms with van der Waals surface area (Å²) in [6.45, 7) is 0.793. The summed E-state index contributed by atoms with van der Waals surface area (Å²) >= 11 is 6.05. The average molecular weight is 280 g/mol. The third kappa shape index (κ3) is 3.01. The smallest absolute Gasteiger partial charge is 0.231 e. The van der Waals surface area contributed by atoms with E-state index < -0.39 is 6.04 Å². The third-order valence-corrected chi connectivity index (χ3v) is 2.82. The van der Waals surface area contributed by atoms with E-state index in [1.165, 1.54) is 0 Å². The molecule has 98 valence electrons. The van der Waals surface area contributed by atoms with Crippen LogP contribution in [0.3, 0.4) is 0 Å². The molecule has 0 saturated carbocycles. The van der Waals surface area contributed by atoms with Crippen molar-refractivity contribution in [2.24, 2.45) is 5.11 Å². The van der Waals surface area contributed by atoms with Crippen molar-refractivity contribution in [3.05, 3.63) is 33.2 Å². The number of nitrogens with one attached hydrogen (secondary N) is 1. The van der Waals surface area contributed by atoms with Gasteiger partial charge in [-0.05, 0) is 23.2 Å². The Kier molecular flexibility index (Phi) is 4.31. The van der Waals surface area contributed by atoms with Gasteiger partial charge in [-0.1, -0.05) is 16.7 Å².